The van der Waals surface area contributed by atoms with Gasteiger partial charge in [-0.05, 0) is 38.5 Å². The minimum absolute atomic E-state index is 0.0332. The fourth-order valence-electron chi connectivity index (χ4n) is 1.68. The molecular weight excluding hydrogens is 237 g/mol. The second-order valence-electron chi connectivity index (χ2n) is 4.31. The van der Waals surface area contributed by atoms with Crippen LogP contribution in [0.5, 0.6) is 5.75 Å². The minimum Gasteiger partial charge on any atom is -0.494 e. The summed E-state index contributed by atoms with van der Waals surface area (Å²) in [5, 5.41) is 11.9. The first-order chi connectivity index (χ1) is 8.43. The molecule has 4 nitrogen and oxygen atoms in total. The van der Waals surface area contributed by atoms with Crippen molar-refractivity contribution in [3.8, 4) is 5.75 Å². The van der Waals surface area contributed by atoms with Gasteiger partial charge in [0.05, 0.1) is 13.2 Å². The van der Waals surface area contributed by atoms with Crippen molar-refractivity contribution in [3.05, 3.63) is 29.6 Å². The third-order valence-electron chi connectivity index (χ3n) is 2.49. The molecule has 5 heteroatoms. The van der Waals surface area contributed by atoms with Crippen molar-refractivity contribution in [2.24, 2.45) is 0 Å². The average molecular weight is 255 g/mol. The van der Waals surface area contributed by atoms with Crippen molar-refractivity contribution in [1.29, 1.82) is 0 Å². The maximum atomic E-state index is 13.2. The van der Waals surface area contributed by atoms with E-state index in [9.17, 15) is 14.3 Å². The predicted molar refractivity (Wildman–Crippen MR) is 66.2 cm³/mol. The Morgan fingerprint density at radius 3 is 2.72 bits per heavy atom. The molecule has 0 radical (unpaired) electrons. The standard InChI is InChI=1S/C13H18FNO3/c1-8(6-9(2)16)15-13(17)10-4-5-11(14)12(7-10)18-3/h4-5,7-9,16H,6H2,1-3H3,(H,15,17). The molecule has 0 spiro atoms. The molecule has 2 N–H and O–H groups in total. The molecule has 1 rings (SSSR count). The van der Waals surface area contributed by atoms with Crippen LogP contribution in [0.2, 0.25) is 0 Å². The number of benzene rings is 1. The molecule has 1 aromatic rings. The normalized spacial score (nSPS) is 13.8. The molecular formula is C13H18FNO3. The van der Waals surface area contributed by atoms with Gasteiger partial charge >= 0.3 is 0 Å². The second kappa shape index (κ2) is 6.35. The Morgan fingerprint density at radius 1 is 1.50 bits per heavy atom. The maximum absolute atomic E-state index is 13.2. The molecule has 2 atom stereocenters. The molecule has 0 fully saturated rings. The van der Waals surface area contributed by atoms with Gasteiger partial charge in [0, 0.05) is 11.6 Å². The average Bonchev–Trinajstić information content (AvgIpc) is 2.28. The van der Waals surface area contributed by atoms with Crippen LogP contribution >= 0.6 is 0 Å². The molecule has 0 aromatic heterocycles. The highest BCUT2D eigenvalue weighted by molar-refractivity contribution is 5.94. The van der Waals surface area contributed by atoms with Gasteiger partial charge in [0.1, 0.15) is 0 Å². The fraction of sp³-hybridized carbons (Fsp3) is 0.462. The largest absolute Gasteiger partial charge is 0.494 e. The molecule has 18 heavy (non-hydrogen) atoms. The summed E-state index contributed by atoms with van der Waals surface area (Å²) in [4.78, 5) is 11.8. The molecule has 0 saturated carbocycles. The molecule has 0 saturated heterocycles. The van der Waals surface area contributed by atoms with Gasteiger partial charge < -0.3 is 15.2 Å². The third kappa shape index (κ3) is 4.00. The van der Waals surface area contributed by atoms with Crippen molar-refractivity contribution in [3.63, 3.8) is 0 Å². The summed E-state index contributed by atoms with van der Waals surface area (Å²) in [6.45, 7) is 3.45. The van der Waals surface area contributed by atoms with Crippen LogP contribution in [0, 0.1) is 5.82 Å². The second-order valence-corrected chi connectivity index (χ2v) is 4.31. The van der Waals surface area contributed by atoms with Gasteiger partial charge in [-0.1, -0.05) is 0 Å². The Bertz CT molecular complexity index is 421. The summed E-state index contributed by atoms with van der Waals surface area (Å²) >= 11 is 0. The minimum atomic E-state index is -0.508. The number of hydrogen-bond donors (Lipinski definition) is 2. The number of aliphatic hydroxyl groups excluding tert-OH is 1. The van der Waals surface area contributed by atoms with Crippen molar-refractivity contribution >= 4 is 5.91 Å². The summed E-state index contributed by atoms with van der Waals surface area (Å²) < 4.78 is 18.0. The number of rotatable bonds is 5. The van der Waals surface area contributed by atoms with Gasteiger partial charge in [0.2, 0.25) is 0 Å². The van der Waals surface area contributed by atoms with Crippen molar-refractivity contribution in [1.82, 2.24) is 5.32 Å². The van der Waals surface area contributed by atoms with Crippen LogP contribution < -0.4 is 10.1 Å². The number of nitrogens with one attached hydrogen (secondary N) is 1. The summed E-state index contributed by atoms with van der Waals surface area (Å²) in [7, 11) is 1.34. The number of aliphatic hydroxyl groups is 1. The first-order valence-electron chi connectivity index (χ1n) is 5.76. The number of hydrogen-bond acceptors (Lipinski definition) is 3. The van der Waals surface area contributed by atoms with Crippen molar-refractivity contribution in [2.45, 2.75) is 32.4 Å². The predicted octanol–water partition coefficient (Wildman–Crippen LogP) is 1.72. The summed E-state index contributed by atoms with van der Waals surface area (Å²) in [6, 6.07) is 3.77. The van der Waals surface area contributed by atoms with Crippen LogP contribution in [0.25, 0.3) is 0 Å². The first-order valence-corrected chi connectivity index (χ1v) is 5.76. The van der Waals surface area contributed by atoms with E-state index in [1.54, 1.807) is 13.8 Å². The van der Waals surface area contributed by atoms with Gasteiger partial charge in [-0.25, -0.2) is 4.39 Å². The monoisotopic (exact) mass is 255 g/mol. The molecule has 1 amide bonds. The van der Waals surface area contributed by atoms with Gasteiger partial charge in [-0.15, -0.1) is 0 Å². The Hall–Kier alpha value is -1.62. The molecule has 0 aliphatic rings. The Morgan fingerprint density at radius 2 is 2.17 bits per heavy atom. The lowest BCUT2D eigenvalue weighted by molar-refractivity contribution is 0.0922. The molecule has 100 valence electrons. The quantitative estimate of drug-likeness (QED) is 0.842. The van der Waals surface area contributed by atoms with Crippen molar-refractivity contribution < 1.29 is 19.0 Å². The lowest BCUT2D eigenvalue weighted by Gasteiger charge is -2.15. The lowest BCUT2D eigenvalue weighted by atomic mass is 10.1. The van der Waals surface area contributed by atoms with E-state index in [1.807, 2.05) is 0 Å². The first kappa shape index (κ1) is 14.4. The number of halogens is 1. The van der Waals surface area contributed by atoms with Gasteiger partial charge in [-0.2, -0.15) is 0 Å². The number of ether oxygens (including phenoxy) is 1. The SMILES string of the molecule is COc1cc(C(=O)NC(C)CC(C)O)ccc1F. The van der Waals surface area contributed by atoms with Crippen LogP contribution in [-0.2, 0) is 0 Å². The molecule has 0 heterocycles. The van der Waals surface area contributed by atoms with Crippen LogP contribution in [0.1, 0.15) is 30.6 Å². The Labute approximate surface area is 106 Å². The highest BCUT2D eigenvalue weighted by atomic mass is 19.1. The molecule has 1 aromatic carbocycles. The maximum Gasteiger partial charge on any atom is 0.251 e. The molecule has 0 aliphatic carbocycles. The Kier molecular flexibility index (Phi) is 5.09. The van der Waals surface area contributed by atoms with E-state index in [2.05, 4.69) is 5.32 Å². The van der Waals surface area contributed by atoms with Crippen LogP contribution in [0.3, 0.4) is 0 Å². The number of methoxy groups -OCH3 is 1. The molecule has 2 unspecified atom stereocenters. The van der Waals surface area contributed by atoms with E-state index in [1.165, 1.54) is 25.3 Å². The van der Waals surface area contributed by atoms with Crippen LogP contribution in [-0.4, -0.2) is 30.3 Å². The lowest BCUT2D eigenvalue weighted by Crippen LogP contribution is -2.34. The van der Waals surface area contributed by atoms with E-state index in [4.69, 9.17) is 4.74 Å². The molecule has 0 bridgehead atoms. The van der Waals surface area contributed by atoms with Gasteiger partial charge in [0.25, 0.3) is 5.91 Å². The highest BCUT2D eigenvalue weighted by Crippen LogP contribution is 2.18. The third-order valence-corrected chi connectivity index (χ3v) is 2.49. The van der Waals surface area contributed by atoms with Crippen LogP contribution in [0.15, 0.2) is 18.2 Å². The number of carbonyl (C=O) groups excluding carboxylic acids is 1. The molecule has 0 aliphatic heterocycles. The number of carbonyl (C=O) groups is 1. The van der Waals surface area contributed by atoms with Gasteiger partial charge in [-0.3, -0.25) is 4.79 Å². The fourth-order valence-corrected chi connectivity index (χ4v) is 1.68. The highest BCUT2D eigenvalue weighted by Gasteiger charge is 2.13. The summed E-state index contributed by atoms with van der Waals surface area (Å²) in [5.41, 5.74) is 0.325. The topological polar surface area (TPSA) is 58.6 Å². The zero-order valence-electron chi connectivity index (χ0n) is 10.7. The van der Waals surface area contributed by atoms with E-state index < -0.39 is 11.9 Å². The van der Waals surface area contributed by atoms with Crippen LogP contribution in [0.4, 0.5) is 4.39 Å². The summed E-state index contributed by atoms with van der Waals surface area (Å²) in [5.74, 6) is -0.793. The zero-order valence-corrected chi connectivity index (χ0v) is 10.7. The van der Waals surface area contributed by atoms with Gasteiger partial charge in [0.15, 0.2) is 11.6 Å². The van der Waals surface area contributed by atoms with E-state index in [0.717, 1.165) is 0 Å². The smallest absolute Gasteiger partial charge is 0.251 e. The van der Waals surface area contributed by atoms with E-state index >= 15 is 0 Å². The zero-order chi connectivity index (χ0) is 13.7. The van der Waals surface area contributed by atoms with E-state index in [0.29, 0.717) is 12.0 Å². The Balaban J connectivity index is 2.72. The summed E-state index contributed by atoms with van der Waals surface area (Å²) in [6.07, 6.45) is -0.0209. The number of amides is 1. The van der Waals surface area contributed by atoms with E-state index in [-0.39, 0.29) is 17.7 Å². The van der Waals surface area contributed by atoms with Crippen molar-refractivity contribution in [2.75, 3.05) is 7.11 Å².